The Kier molecular flexibility index (Phi) is 4.07. The monoisotopic (exact) mass is 336 g/mol. The molecule has 130 valence electrons. The summed E-state index contributed by atoms with van der Waals surface area (Å²) in [6.07, 6.45) is 4.77. The van der Waals surface area contributed by atoms with E-state index in [1.54, 1.807) is 0 Å². The lowest BCUT2D eigenvalue weighted by Gasteiger charge is -2.15. The standard InChI is InChI=1S/C20H24N4O/c1-14-11-19(24(22-14)17-8-4-5-9-17)21-20(25)13-23-15(2)12-16-7-3-6-10-18(16)23/h3,6-7,10-12,17H,4-5,8-9,13H2,1-2H3,(H,21,25). The van der Waals surface area contributed by atoms with E-state index in [0.29, 0.717) is 12.6 Å². The highest BCUT2D eigenvalue weighted by molar-refractivity contribution is 5.91. The van der Waals surface area contributed by atoms with Crippen molar-refractivity contribution in [2.24, 2.45) is 0 Å². The van der Waals surface area contributed by atoms with Crippen molar-refractivity contribution in [2.45, 2.75) is 52.1 Å². The zero-order valence-electron chi connectivity index (χ0n) is 14.8. The van der Waals surface area contributed by atoms with Crippen LogP contribution >= 0.6 is 0 Å². The molecule has 2 aromatic heterocycles. The first-order valence-electron chi connectivity index (χ1n) is 9.03. The van der Waals surface area contributed by atoms with Crippen molar-refractivity contribution in [1.29, 1.82) is 0 Å². The second-order valence-corrected chi connectivity index (χ2v) is 7.03. The van der Waals surface area contributed by atoms with Gasteiger partial charge in [-0.3, -0.25) is 4.79 Å². The minimum Gasteiger partial charge on any atom is -0.335 e. The minimum absolute atomic E-state index is 0.0106. The van der Waals surface area contributed by atoms with Gasteiger partial charge in [0.1, 0.15) is 12.4 Å². The van der Waals surface area contributed by atoms with Crippen LogP contribution in [-0.4, -0.2) is 20.3 Å². The van der Waals surface area contributed by atoms with Gasteiger partial charge in [-0.05, 0) is 44.2 Å². The average molecular weight is 336 g/mol. The fourth-order valence-corrected chi connectivity index (χ4v) is 3.92. The molecule has 0 spiro atoms. The number of carbonyl (C=O) groups excluding carboxylic acids is 1. The quantitative estimate of drug-likeness (QED) is 0.776. The SMILES string of the molecule is Cc1cc(NC(=O)Cn2c(C)cc3ccccc32)n(C2CCCC2)n1. The summed E-state index contributed by atoms with van der Waals surface area (Å²) in [6.45, 7) is 4.33. The van der Waals surface area contributed by atoms with Crippen LogP contribution in [0.25, 0.3) is 10.9 Å². The van der Waals surface area contributed by atoms with E-state index in [-0.39, 0.29) is 5.91 Å². The number of hydrogen-bond acceptors (Lipinski definition) is 2. The largest absolute Gasteiger partial charge is 0.335 e. The van der Waals surface area contributed by atoms with Crippen molar-refractivity contribution in [3.05, 3.63) is 47.8 Å². The van der Waals surface area contributed by atoms with Crippen LogP contribution in [0.2, 0.25) is 0 Å². The van der Waals surface area contributed by atoms with E-state index in [0.717, 1.165) is 35.6 Å². The predicted octanol–water partition coefficient (Wildman–Crippen LogP) is 4.21. The molecule has 0 atom stereocenters. The molecule has 5 heteroatoms. The highest BCUT2D eigenvalue weighted by atomic mass is 16.2. The first-order valence-corrected chi connectivity index (χ1v) is 9.03. The van der Waals surface area contributed by atoms with E-state index in [4.69, 9.17) is 0 Å². The van der Waals surface area contributed by atoms with Crippen LogP contribution in [0.1, 0.15) is 43.1 Å². The van der Waals surface area contributed by atoms with Gasteiger partial charge in [0.2, 0.25) is 5.91 Å². The zero-order chi connectivity index (χ0) is 17.4. The number of anilines is 1. The Morgan fingerprint density at radius 3 is 2.76 bits per heavy atom. The highest BCUT2D eigenvalue weighted by Crippen LogP contribution is 2.31. The number of fused-ring (bicyclic) bond motifs is 1. The van der Waals surface area contributed by atoms with E-state index < -0.39 is 0 Å². The summed E-state index contributed by atoms with van der Waals surface area (Å²) in [6, 6.07) is 12.7. The summed E-state index contributed by atoms with van der Waals surface area (Å²) in [5, 5.41) is 8.85. The summed E-state index contributed by atoms with van der Waals surface area (Å²) in [5.74, 6) is 0.812. The number of aryl methyl sites for hydroxylation is 2. The van der Waals surface area contributed by atoms with Crippen LogP contribution in [-0.2, 0) is 11.3 Å². The van der Waals surface area contributed by atoms with E-state index in [2.05, 4.69) is 33.2 Å². The molecule has 25 heavy (non-hydrogen) atoms. The molecule has 1 saturated carbocycles. The Bertz CT molecular complexity index is 915. The molecule has 0 bridgehead atoms. The third-order valence-corrected chi connectivity index (χ3v) is 5.12. The lowest BCUT2D eigenvalue weighted by molar-refractivity contribution is -0.116. The molecule has 4 rings (SSSR count). The number of carbonyl (C=O) groups is 1. The molecule has 0 unspecified atom stereocenters. The molecule has 3 aromatic rings. The molecule has 1 aromatic carbocycles. The van der Waals surface area contributed by atoms with Crippen molar-refractivity contribution in [1.82, 2.24) is 14.3 Å². The topological polar surface area (TPSA) is 51.9 Å². The van der Waals surface area contributed by atoms with Crippen LogP contribution in [0.4, 0.5) is 5.82 Å². The lowest BCUT2D eigenvalue weighted by atomic mass is 10.2. The summed E-state index contributed by atoms with van der Waals surface area (Å²) in [5.41, 5.74) is 3.14. The van der Waals surface area contributed by atoms with Crippen molar-refractivity contribution in [3.63, 3.8) is 0 Å². The van der Waals surface area contributed by atoms with Gasteiger partial charge < -0.3 is 9.88 Å². The predicted molar refractivity (Wildman–Crippen MR) is 99.8 cm³/mol. The molecule has 0 saturated heterocycles. The lowest BCUT2D eigenvalue weighted by Crippen LogP contribution is -2.22. The molecule has 1 fully saturated rings. The average Bonchev–Trinajstić information content (AvgIpc) is 3.28. The number of hydrogen-bond donors (Lipinski definition) is 1. The Hall–Kier alpha value is -2.56. The third kappa shape index (κ3) is 3.06. The van der Waals surface area contributed by atoms with Gasteiger partial charge in [-0.2, -0.15) is 5.10 Å². The molecule has 1 aliphatic rings. The van der Waals surface area contributed by atoms with Crippen LogP contribution in [0.15, 0.2) is 36.4 Å². The number of nitrogens with zero attached hydrogens (tertiary/aromatic N) is 3. The van der Waals surface area contributed by atoms with Crippen molar-refractivity contribution in [2.75, 3.05) is 5.32 Å². The smallest absolute Gasteiger partial charge is 0.245 e. The fourth-order valence-electron chi connectivity index (χ4n) is 3.92. The number of nitrogens with one attached hydrogen (secondary N) is 1. The first-order chi connectivity index (χ1) is 12.1. The third-order valence-electron chi connectivity index (χ3n) is 5.12. The number of aromatic nitrogens is 3. The van der Waals surface area contributed by atoms with Crippen LogP contribution in [0.5, 0.6) is 0 Å². The molecule has 2 heterocycles. The van der Waals surface area contributed by atoms with E-state index >= 15 is 0 Å². The van der Waals surface area contributed by atoms with Gasteiger partial charge in [0.25, 0.3) is 0 Å². The molecular weight excluding hydrogens is 312 g/mol. The maximum Gasteiger partial charge on any atom is 0.245 e. The minimum atomic E-state index is -0.0106. The summed E-state index contributed by atoms with van der Waals surface area (Å²) >= 11 is 0. The molecule has 5 nitrogen and oxygen atoms in total. The normalized spacial score (nSPS) is 15.1. The number of rotatable bonds is 4. The molecule has 1 amide bonds. The Balaban J connectivity index is 1.55. The van der Waals surface area contributed by atoms with Crippen LogP contribution in [0, 0.1) is 13.8 Å². The van der Waals surface area contributed by atoms with Gasteiger partial charge in [-0.1, -0.05) is 31.0 Å². The molecular formula is C20H24N4O. The second kappa shape index (κ2) is 6.39. The molecule has 0 aliphatic heterocycles. The number of amides is 1. The van der Waals surface area contributed by atoms with Gasteiger partial charge in [-0.25, -0.2) is 4.68 Å². The van der Waals surface area contributed by atoms with Crippen LogP contribution < -0.4 is 5.32 Å². The van der Waals surface area contributed by atoms with E-state index in [9.17, 15) is 4.79 Å². The van der Waals surface area contributed by atoms with Gasteiger partial charge in [0.15, 0.2) is 0 Å². The number of benzene rings is 1. The van der Waals surface area contributed by atoms with Crippen molar-refractivity contribution >= 4 is 22.6 Å². The van der Waals surface area contributed by atoms with Crippen molar-refractivity contribution < 1.29 is 4.79 Å². The Morgan fingerprint density at radius 2 is 1.96 bits per heavy atom. The van der Waals surface area contributed by atoms with Crippen molar-refractivity contribution in [3.8, 4) is 0 Å². The molecule has 1 N–H and O–H groups in total. The zero-order valence-corrected chi connectivity index (χ0v) is 14.8. The fraction of sp³-hybridized carbons (Fsp3) is 0.400. The number of para-hydroxylation sites is 1. The second-order valence-electron chi connectivity index (χ2n) is 7.03. The molecule has 1 aliphatic carbocycles. The maximum atomic E-state index is 12.7. The molecule has 0 radical (unpaired) electrons. The van der Waals surface area contributed by atoms with Crippen LogP contribution in [0.3, 0.4) is 0 Å². The summed E-state index contributed by atoms with van der Waals surface area (Å²) in [4.78, 5) is 12.7. The summed E-state index contributed by atoms with van der Waals surface area (Å²) < 4.78 is 4.08. The van der Waals surface area contributed by atoms with E-state index in [1.807, 2.05) is 36.7 Å². The van der Waals surface area contributed by atoms with Gasteiger partial charge in [0, 0.05) is 17.3 Å². The Labute approximate surface area is 147 Å². The van der Waals surface area contributed by atoms with Gasteiger partial charge >= 0.3 is 0 Å². The van der Waals surface area contributed by atoms with Gasteiger partial charge in [-0.15, -0.1) is 0 Å². The summed E-state index contributed by atoms with van der Waals surface area (Å²) in [7, 11) is 0. The van der Waals surface area contributed by atoms with Gasteiger partial charge in [0.05, 0.1) is 11.7 Å². The van der Waals surface area contributed by atoms with E-state index in [1.165, 1.54) is 18.2 Å². The maximum absolute atomic E-state index is 12.7. The first kappa shape index (κ1) is 15.9. The Morgan fingerprint density at radius 1 is 1.20 bits per heavy atom. The highest BCUT2D eigenvalue weighted by Gasteiger charge is 2.21.